The molecule has 0 aliphatic rings. The van der Waals surface area contributed by atoms with Crippen LogP contribution < -0.4 is 5.32 Å². The molecule has 0 radical (unpaired) electrons. The Morgan fingerprint density at radius 1 is 1.26 bits per heavy atom. The fourth-order valence-corrected chi connectivity index (χ4v) is 2.07. The lowest BCUT2D eigenvalue weighted by Crippen LogP contribution is -2.40. The summed E-state index contributed by atoms with van der Waals surface area (Å²) in [5.41, 5.74) is 3.48. The van der Waals surface area contributed by atoms with Gasteiger partial charge in [-0.1, -0.05) is 32.0 Å². The van der Waals surface area contributed by atoms with Gasteiger partial charge in [-0.15, -0.1) is 0 Å². The average Bonchev–Trinajstić information content (AvgIpc) is 2.33. The monoisotopic (exact) mass is 263 g/mol. The summed E-state index contributed by atoms with van der Waals surface area (Å²) in [6.45, 7) is 8.33. The molecule has 1 aromatic rings. The molecular formula is C16H25NO2. The van der Waals surface area contributed by atoms with Gasteiger partial charge in [-0.3, -0.25) is 4.79 Å². The van der Waals surface area contributed by atoms with Gasteiger partial charge < -0.3 is 10.4 Å². The number of benzene rings is 1. The van der Waals surface area contributed by atoms with Crippen LogP contribution in [-0.2, 0) is 11.2 Å². The molecule has 3 nitrogen and oxygen atoms in total. The number of hydrogen-bond acceptors (Lipinski definition) is 2. The Morgan fingerprint density at radius 3 is 2.47 bits per heavy atom. The van der Waals surface area contributed by atoms with Crippen molar-refractivity contribution in [2.24, 2.45) is 5.92 Å². The summed E-state index contributed by atoms with van der Waals surface area (Å²) in [7, 11) is 0. The number of aryl methyl sites for hydroxylation is 2. The van der Waals surface area contributed by atoms with E-state index in [9.17, 15) is 4.79 Å². The van der Waals surface area contributed by atoms with Crippen LogP contribution in [-0.4, -0.2) is 23.7 Å². The Bertz CT molecular complexity index is 427. The lowest BCUT2D eigenvalue weighted by atomic mass is 10.00. The number of aliphatic hydroxyl groups is 1. The minimum absolute atomic E-state index is 0.0235. The van der Waals surface area contributed by atoms with Crippen molar-refractivity contribution < 1.29 is 9.90 Å². The molecule has 0 saturated heterocycles. The van der Waals surface area contributed by atoms with Crippen LogP contribution in [0.25, 0.3) is 0 Å². The van der Waals surface area contributed by atoms with Gasteiger partial charge in [0.15, 0.2) is 0 Å². The van der Waals surface area contributed by atoms with Gasteiger partial charge in [0.2, 0.25) is 5.91 Å². The summed E-state index contributed by atoms with van der Waals surface area (Å²) in [4.78, 5) is 12.0. The van der Waals surface area contributed by atoms with Crippen LogP contribution in [0.5, 0.6) is 0 Å². The second kappa shape index (κ2) is 7.29. The molecule has 1 aromatic carbocycles. The largest absolute Gasteiger partial charge is 0.396 e. The zero-order valence-electron chi connectivity index (χ0n) is 12.4. The van der Waals surface area contributed by atoms with Crippen LogP contribution in [0.15, 0.2) is 18.2 Å². The Balaban J connectivity index is 2.61. The molecule has 2 N–H and O–H groups in total. The van der Waals surface area contributed by atoms with E-state index in [1.54, 1.807) is 0 Å². The molecule has 0 aliphatic heterocycles. The smallest absolute Gasteiger partial charge is 0.224 e. The molecule has 0 bridgehead atoms. The van der Waals surface area contributed by atoms with E-state index in [0.29, 0.717) is 18.8 Å². The number of nitrogens with one attached hydrogen (secondary N) is 1. The maximum Gasteiger partial charge on any atom is 0.224 e. The predicted octanol–water partition coefficient (Wildman–Crippen LogP) is 2.37. The number of hydrogen-bond donors (Lipinski definition) is 2. The zero-order chi connectivity index (χ0) is 14.4. The number of carbonyl (C=O) groups excluding carboxylic acids is 1. The first-order valence-corrected chi connectivity index (χ1v) is 6.90. The molecule has 1 amide bonds. The average molecular weight is 263 g/mol. The third kappa shape index (κ3) is 5.03. The van der Waals surface area contributed by atoms with Gasteiger partial charge in [-0.25, -0.2) is 0 Å². The van der Waals surface area contributed by atoms with Crippen molar-refractivity contribution in [2.75, 3.05) is 6.61 Å². The zero-order valence-corrected chi connectivity index (χ0v) is 12.4. The van der Waals surface area contributed by atoms with E-state index < -0.39 is 0 Å². The van der Waals surface area contributed by atoms with Gasteiger partial charge in [-0.05, 0) is 42.9 Å². The van der Waals surface area contributed by atoms with Crippen molar-refractivity contribution in [3.05, 3.63) is 34.9 Å². The summed E-state index contributed by atoms with van der Waals surface area (Å²) >= 11 is 0. The van der Waals surface area contributed by atoms with Crippen molar-refractivity contribution in [2.45, 2.75) is 46.6 Å². The Morgan fingerprint density at radius 2 is 1.95 bits per heavy atom. The number of carbonyl (C=O) groups is 1. The topological polar surface area (TPSA) is 49.3 Å². The van der Waals surface area contributed by atoms with E-state index in [0.717, 1.165) is 5.56 Å². The maximum absolute atomic E-state index is 12.0. The lowest BCUT2D eigenvalue weighted by Gasteiger charge is -2.21. The van der Waals surface area contributed by atoms with Gasteiger partial charge >= 0.3 is 0 Å². The minimum Gasteiger partial charge on any atom is -0.396 e. The summed E-state index contributed by atoms with van der Waals surface area (Å²) in [6.07, 6.45) is 1.01. The van der Waals surface area contributed by atoms with Crippen LogP contribution in [0.3, 0.4) is 0 Å². The predicted molar refractivity (Wildman–Crippen MR) is 78.1 cm³/mol. The highest BCUT2D eigenvalue weighted by atomic mass is 16.3. The first kappa shape index (κ1) is 15.7. The molecular weight excluding hydrogens is 238 g/mol. The molecule has 19 heavy (non-hydrogen) atoms. The normalized spacial score (nSPS) is 12.5. The molecule has 0 saturated carbocycles. The van der Waals surface area contributed by atoms with Crippen LogP contribution in [0.4, 0.5) is 0 Å². The Kier molecular flexibility index (Phi) is 6.03. The van der Waals surface area contributed by atoms with Gasteiger partial charge in [0, 0.05) is 12.6 Å². The molecule has 0 aliphatic carbocycles. The Hall–Kier alpha value is -1.35. The van der Waals surface area contributed by atoms with E-state index in [1.807, 2.05) is 12.1 Å². The van der Waals surface area contributed by atoms with E-state index in [1.165, 1.54) is 11.1 Å². The number of rotatable bonds is 6. The van der Waals surface area contributed by atoms with Gasteiger partial charge in [0.05, 0.1) is 6.42 Å². The number of amides is 1. The number of aliphatic hydroxyl groups excluding tert-OH is 1. The van der Waals surface area contributed by atoms with E-state index >= 15 is 0 Å². The summed E-state index contributed by atoms with van der Waals surface area (Å²) in [5, 5.41) is 12.0. The fourth-order valence-electron chi connectivity index (χ4n) is 2.07. The SMILES string of the molecule is Cc1ccc(CC(=O)NC(CCO)C(C)C)cc1C. The minimum atomic E-state index is 0.0235. The highest BCUT2D eigenvalue weighted by molar-refractivity contribution is 5.79. The molecule has 0 heterocycles. The molecule has 0 spiro atoms. The molecule has 106 valence electrons. The first-order chi connectivity index (χ1) is 8.93. The Labute approximate surface area is 116 Å². The van der Waals surface area contributed by atoms with Crippen molar-refractivity contribution in [3.8, 4) is 0 Å². The van der Waals surface area contributed by atoms with Crippen LogP contribution in [0.1, 0.15) is 37.0 Å². The van der Waals surface area contributed by atoms with Crippen molar-refractivity contribution in [1.29, 1.82) is 0 Å². The molecule has 1 atom stereocenters. The van der Waals surface area contributed by atoms with Crippen LogP contribution in [0, 0.1) is 19.8 Å². The first-order valence-electron chi connectivity index (χ1n) is 6.90. The molecule has 0 aromatic heterocycles. The van der Waals surface area contributed by atoms with E-state index in [-0.39, 0.29) is 18.6 Å². The van der Waals surface area contributed by atoms with Gasteiger partial charge in [0.1, 0.15) is 0 Å². The third-order valence-corrected chi connectivity index (χ3v) is 3.53. The van der Waals surface area contributed by atoms with Crippen molar-refractivity contribution >= 4 is 5.91 Å². The fraction of sp³-hybridized carbons (Fsp3) is 0.562. The third-order valence-electron chi connectivity index (χ3n) is 3.53. The molecule has 1 rings (SSSR count). The highest BCUT2D eigenvalue weighted by Gasteiger charge is 2.15. The van der Waals surface area contributed by atoms with Crippen LogP contribution >= 0.6 is 0 Å². The summed E-state index contributed by atoms with van der Waals surface area (Å²) < 4.78 is 0. The summed E-state index contributed by atoms with van der Waals surface area (Å²) in [6, 6.07) is 6.15. The molecule has 1 unspecified atom stereocenters. The molecule has 3 heteroatoms. The highest BCUT2D eigenvalue weighted by Crippen LogP contribution is 2.11. The standard InChI is InChI=1S/C16H25NO2/c1-11(2)15(7-8-18)17-16(19)10-14-6-5-12(3)13(4)9-14/h5-6,9,11,15,18H,7-8,10H2,1-4H3,(H,17,19). The summed E-state index contributed by atoms with van der Waals surface area (Å²) in [5.74, 6) is 0.353. The van der Waals surface area contributed by atoms with E-state index in [4.69, 9.17) is 5.11 Å². The lowest BCUT2D eigenvalue weighted by molar-refractivity contribution is -0.121. The van der Waals surface area contributed by atoms with E-state index in [2.05, 4.69) is 39.1 Å². The van der Waals surface area contributed by atoms with Crippen LogP contribution in [0.2, 0.25) is 0 Å². The second-order valence-electron chi connectivity index (χ2n) is 5.53. The van der Waals surface area contributed by atoms with Gasteiger partial charge in [0.25, 0.3) is 0 Å². The van der Waals surface area contributed by atoms with Gasteiger partial charge in [-0.2, -0.15) is 0 Å². The molecule has 0 fully saturated rings. The quantitative estimate of drug-likeness (QED) is 0.828. The van der Waals surface area contributed by atoms with Crippen molar-refractivity contribution in [3.63, 3.8) is 0 Å². The maximum atomic E-state index is 12.0. The van der Waals surface area contributed by atoms with Crippen molar-refractivity contribution in [1.82, 2.24) is 5.32 Å². The second-order valence-corrected chi connectivity index (χ2v) is 5.53.